The lowest BCUT2D eigenvalue weighted by molar-refractivity contribution is 0.0639. The van der Waals surface area contributed by atoms with Gasteiger partial charge in [0.1, 0.15) is 0 Å². The fourth-order valence-corrected chi connectivity index (χ4v) is 3.10. The third-order valence-electron chi connectivity index (χ3n) is 4.50. The molecule has 1 saturated heterocycles. The number of hydrogen-bond acceptors (Lipinski definition) is 3. The van der Waals surface area contributed by atoms with Crippen LogP contribution in [-0.2, 0) is 0 Å². The molecular formula is C20H23ClN4O2. The lowest BCUT2D eigenvalue weighted by Crippen LogP contribution is -2.50. The topological polar surface area (TPSA) is 64.7 Å². The van der Waals surface area contributed by atoms with Gasteiger partial charge in [0.25, 0.3) is 5.91 Å². The lowest BCUT2D eigenvalue weighted by Gasteiger charge is -2.34. The van der Waals surface area contributed by atoms with Gasteiger partial charge in [-0.25, -0.2) is 4.79 Å². The first-order valence-electron chi connectivity index (χ1n) is 8.99. The number of carbonyl (C=O) groups is 2. The van der Waals surface area contributed by atoms with Crippen molar-refractivity contribution in [3.8, 4) is 0 Å². The second-order valence-electron chi connectivity index (χ2n) is 6.39. The third kappa shape index (κ3) is 5.70. The molecule has 1 aliphatic rings. The first-order valence-corrected chi connectivity index (χ1v) is 9.37. The van der Waals surface area contributed by atoms with E-state index in [2.05, 4.69) is 15.5 Å². The minimum absolute atomic E-state index is 0.0794. The van der Waals surface area contributed by atoms with Crippen LogP contribution in [0, 0.1) is 0 Å². The Morgan fingerprint density at radius 2 is 1.59 bits per heavy atom. The van der Waals surface area contributed by atoms with Gasteiger partial charge in [0, 0.05) is 55.5 Å². The predicted molar refractivity (Wildman–Crippen MR) is 107 cm³/mol. The van der Waals surface area contributed by atoms with E-state index in [9.17, 15) is 9.59 Å². The van der Waals surface area contributed by atoms with Crippen molar-refractivity contribution < 1.29 is 9.59 Å². The molecule has 0 radical (unpaired) electrons. The molecule has 3 rings (SSSR count). The molecule has 0 bridgehead atoms. The van der Waals surface area contributed by atoms with E-state index < -0.39 is 0 Å². The largest absolute Gasteiger partial charge is 0.337 e. The Labute approximate surface area is 164 Å². The second kappa shape index (κ2) is 9.39. The second-order valence-corrected chi connectivity index (χ2v) is 6.82. The summed E-state index contributed by atoms with van der Waals surface area (Å²) in [4.78, 5) is 28.5. The van der Waals surface area contributed by atoms with Crippen LogP contribution in [0.2, 0.25) is 5.02 Å². The third-order valence-corrected chi connectivity index (χ3v) is 4.75. The number of anilines is 1. The number of hydrogen-bond donors (Lipinski definition) is 2. The summed E-state index contributed by atoms with van der Waals surface area (Å²) in [5, 5.41) is 6.24. The number of nitrogens with one attached hydrogen (secondary N) is 2. The molecule has 2 aromatic carbocycles. The molecule has 0 aliphatic carbocycles. The standard InChI is InChI=1S/C20H23ClN4O2/c21-17-6-8-18(9-7-17)23-20(27)22-10-11-24-12-14-25(15-13-24)19(26)16-4-2-1-3-5-16/h1-9H,10-15H2,(H2,22,23,27). The van der Waals surface area contributed by atoms with Gasteiger partial charge in [0.2, 0.25) is 0 Å². The number of piperazine rings is 1. The van der Waals surface area contributed by atoms with Gasteiger partial charge in [0.15, 0.2) is 0 Å². The van der Waals surface area contributed by atoms with Crippen LogP contribution >= 0.6 is 11.6 Å². The Morgan fingerprint density at radius 3 is 2.26 bits per heavy atom. The molecule has 2 aromatic rings. The normalized spacial score (nSPS) is 14.6. The molecule has 0 unspecified atom stereocenters. The molecule has 6 nitrogen and oxygen atoms in total. The van der Waals surface area contributed by atoms with Gasteiger partial charge in [-0.05, 0) is 36.4 Å². The zero-order chi connectivity index (χ0) is 19.1. The Balaban J connectivity index is 1.35. The number of amides is 3. The Kier molecular flexibility index (Phi) is 6.68. The first kappa shape index (κ1) is 19.2. The van der Waals surface area contributed by atoms with E-state index in [1.54, 1.807) is 24.3 Å². The van der Waals surface area contributed by atoms with Crippen LogP contribution in [0.1, 0.15) is 10.4 Å². The summed E-state index contributed by atoms with van der Waals surface area (Å²) in [7, 11) is 0. The lowest BCUT2D eigenvalue weighted by atomic mass is 10.2. The van der Waals surface area contributed by atoms with Gasteiger partial charge in [-0.15, -0.1) is 0 Å². The molecule has 0 spiro atoms. The van der Waals surface area contributed by atoms with E-state index >= 15 is 0 Å². The van der Waals surface area contributed by atoms with Gasteiger partial charge in [-0.1, -0.05) is 29.8 Å². The quantitative estimate of drug-likeness (QED) is 0.830. The molecule has 1 heterocycles. The molecule has 2 N–H and O–H groups in total. The highest BCUT2D eigenvalue weighted by Crippen LogP contribution is 2.13. The molecule has 27 heavy (non-hydrogen) atoms. The van der Waals surface area contributed by atoms with Crippen molar-refractivity contribution in [1.82, 2.24) is 15.1 Å². The SMILES string of the molecule is O=C(NCCN1CCN(C(=O)c2ccccc2)CC1)Nc1ccc(Cl)cc1. The van der Waals surface area contributed by atoms with Crippen LogP contribution < -0.4 is 10.6 Å². The summed E-state index contributed by atoms with van der Waals surface area (Å²) in [5.41, 5.74) is 1.43. The molecule has 142 valence electrons. The van der Waals surface area contributed by atoms with Crippen LogP contribution in [0.3, 0.4) is 0 Å². The van der Waals surface area contributed by atoms with Crippen molar-refractivity contribution in [2.24, 2.45) is 0 Å². The average molecular weight is 387 g/mol. The molecule has 1 aliphatic heterocycles. The first-order chi connectivity index (χ1) is 13.1. The fourth-order valence-electron chi connectivity index (χ4n) is 2.97. The van der Waals surface area contributed by atoms with Crippen molar-refractivity contribution in [2.75, 3.05) is 44.6 Å². The van der Waals surface area contributed by atoms with E-state index in [1.165, 1.54) is 0 Å². The van der Waals surface area contributed by atoms with Crippen molar-refractivity contribution >= 4 is 29.2 Å². The van der Waals surface area contributed by atoms with E-state index in [1.807, 2.05) is 35.2 Å². The molecule has 0 aromatic heterocycles. The fraction of sp³-hybridized carbons (Fsp3) is 0.300. The van der Waals surface area contributed by atoms with Crippen molar-refractivity contribution in [3.05, 3.63) is 65.2 Å². The van der Waals surface area contributed by atoms with Gasteiger partial charge in [-0.2, -0.15) is 0 Å². The maximum atomic E-state index is 12.4. The maximum absolute atomic E-state index is 12.4. The van der Waals surface area contributed by atoms with E-state index in [0.717, 1.165) is 25.2 Å². The zero-order valence-electron chi connectivity index (χ0n) is 15.0. The van der Waals surface area contributed by atoms with Gasteiger partial charge < -0.3 is 15.5 Å². The van der Waals surface area contributed by atoms with Crippen LogP contribution in [0.5, 0.6) is 0 Å². The number of urea groups is 1. The summed E-state index contributed by atoms with van der Waals surface area (Å²) < 4.78 is 0. The van der Waals surface area contributed by atoms with Crippen molar-refractivity contribution in [1.29, 1.82) is 0 Å². The number of rotatable bonds is 5. The van der Waals surface area contributed by atoms with Crippen LogP contribution in [0.4, 0.5) is 10.5 Å². The highest BCUT2D eigenvalue weighted by molar-refractivity contribution is 6.30. The molecular weight excluding hydrogens is 364 g/mol. The van der Waals surface area contributed by atoms with E-state index in [0.29, 0.717) is 30.3 Å². The molecule has 3 amide bonds. The summed E-state index contributed by atoms with van der Waals surface area (Å²) in [6.45, 7) is 4.31. The zero-order valence-corrected chi connectivity index (χ0v) is 15.8. The van der Waals surface area contributed by atoms with Crippen molar-refractivity contribution in [2.45, 2.75) is 0 Å². The van der Waals surface area contributed by atoms with E-state index in [-0.39, 0.29) is 11.9 Å². The summed E-state index contributed by atoms with van der Waals surface area (Å²) >= 11 is 5.82. The molecule has 7 heteroatoms. The highest BCUT2D eigenvalue weighted by Gasteiger charge is 2.21. The van der Waals surface area contributed by atoms with Crippen LogP contribution in [0.15, 0.2) is 54.6 Å². The smallest absolute Gasteiger partial charge is 0.319 e. The molecule has 0 atom stereocenters. The highest BCUT2D eigenvalue weighted by atomic mass is 35.5. The number of carbonyl (C=O) groups excluding carboxylic acids is 2. The van der Waals surface area contributed by atoms with Crippen LogP contribution in [0.25, 0.3) is 0 Å². The molecule has 0 saturated carbocycles. The van der Waals surface area contributed by atoms with Gasteiger partial charge in [0.05, 0.1) is 0 Å². The molecule has 1 fully saturated rings. The Hall–Kier alpha value is -2.57. The number of halogens is 1. The number of benzene rings is 2. The Morgan fingerprint density at radius 1 is 0.926 bits per heavy atom. The monoisotopic (exact) mass is 386 g/mol. The van der Waals surface area contributed by atoms with Crippen molar-refractivity contribution in [3.63, 3.8) is 0 Å². The number of nitrogens with zero attached hydrogens (tertiary/aromatic N) is 2. The minimum Gasteiger partial charge on any atom is -0.337 e. The Bertz CT molecular complexity index is 759. The summed E-state index contributed by atoms with van der Waals surface area (Å²) in [5.74, 6) is 0.0794. The summed E-state index contributed by atoms with van der Waals surface area (Å²) in [6, 6.07) is 16.1. The van der Waals surface area contributed by atoms with Gasteiger partial charge in [-0.3, -0.25) is 9.69 Å². The maximum Gasteiger partial charge on any atom is 0.319 e. The summed E-state index contributed by atoms with van der Waals surface area (Å²) in [6.07, 6.45) is 0. The average Bonchev–Trinajstić information content (AvgIpc) is 2.70. The van der Waals surface area contributed by atoms with Crippen LogP contribution in [-0.4, -0.2) is 61.0 Å². The van der Waals surface area contributed by atoms with E-state index in [4.69, 9.17) is 11.6 Å². The minimum atomic E-state index is -0.241. The van der Waals surface area contributed by atoms with Gasteiger partial charge >= 0.3 is 6.03 Å². The predicted octanol–water partition coefficient (Wildman–Crippen LogP) is 2.92.